The Kier molecular flexibility index (Phi) is 5.91. The average molecular weight is 331 g/mol. The van der Waals surface area contributed by atoms with Gasteiger partial charge in [-0.1, -0.05) is 0 Å². The van der Waals surface area contributed by atoms with E-state index in [2.05, 4.69) is 15.7 Å². The molecule has 0 aliphatic rings. The van der Waals surface area contributed by atoms with Gasteiger partial charge in [-0.15, -0.1) is 0 Å². The normalized spacial score (nSPS) is 11.6. The highest BCUT2D eigenvalue weighted by Gasteiger charge is 2.09. The van der Waals surface area contributed by atoms with Crippen molar-refractivity contribution in [1.29, 1.82) is 0 Å². The summed E-state index contributed by atoms with van der Waals surface area (Å²) >= 11 is 0. The van der Waals surface area contributed by atoms with Crippen molar-refractivity contribution in [3.63, 3.8) is 0 Å². The number of nitrogens with zero attached hydrogens (tertiary/aromatic N) is 2. The van der Waals surface area contributed by atoms with E-state index in [1.807, 2.05) is 0 Å². The van der Waals surface area contributed by atoms with Gasteiger partial charge in [-0.05, 0) is 31.2 Å². The Balaban J connectivity index is 1.86. The van der Waals surface area contributed by atoms with Gasteiger partial charge in [0.05, 0.1) is 19.0 Å². The predicted molar refractivity (Wildman–Crippen MR) is 90.7 cm³/mol. The van der Waals surface area contributed by atoms with Crippen molar-refractivity contribution in [3.8, 4) is 5.75 Å². The average Bonchev–Trinajstić information content (AvgIpc) is 2.93. The molecule has 8 heteroatoms. The van der Waals surface area contributed by atoms with Crippen LogP contribution in [-0.4, -0.2) is 34.7 Å². The van der Waals surface area contributed by atoms with Crippen LogP contribution < -0.4 is 21.1 Å². The summed E-state index contributed by atoms with van der Waals surface area (Å²) in [5.74, 6) is 0.302. The van der Waals surface area contributed by atoms with Crippen molar-refractivity contribution in [2.24, 2.45) is 5.73 Å². The molecule has 1 unspecified atom stereocenters. The van der Waals surface area contributed by atoms with Crippen LogP contribution >= 0.6 is 0 Å². The van der Waals surface area contributed by atoms with Crippen LogP contribution in [0, 0.1) is 0 Å². The SMILES string of the molecule is COc1ccc(NC(=O)Cn2cc(NC(=O)CC(C)N)cn2)cc1. The highest BCUT2D eigenvalue weighted by Crippen LogP contribution is 2.15. The summed E-state index contributed by atoms with van der Waals surface area (Å²) in [6.45, 7) is 1.79. The predicted octanol–water partition coefficient (Wildman–Crippen LogP) is 1.21. The van der Waals surface area contributed by atoms with Gasteiger partial charge in [0, 0.05) is 24.3 Å². The van der Waals surface area contributed by atoms with Crippen molar-refractivity contribution < 1.29 is 14.3 Å². The third-order valence-electron chi connectivity index (χ3n) is 3.10. The fourth-order valence-electron chi connectivity index (χ4n) is 2.04. The molecule has 0 aliphatic carbocycles. The summed E-state index contributed by atoms with van der Waals surface area (Å²) in [4.78, 5) is 23.6. The number of carbonyl (C=O) groups excluding carboxylic acids is 2. The minimum atomic E-state index is -0.225. The largest absolute Gasteiger partial charge is 0.497 e. The van der Waals surface area contributed by atoms with Crippen LogP contribution in [0.1, 0.15) is 13.3 Å². The Morgan fingerprint density at radius 3 is 2.50 bits per heavy atom. The number of ether oxygens (including phenoxy) is 1. The van der Waals surface area contributed by atoms with Crippen molar-refractivity contribution in [1.82, 2.24) is 9.78 Å². The van der Waals surface area contributed by atoms with Gasteiger partial charge >= 0.3 is 0 Å². The molecular formula is C16H21N5O3. The fraction of sp³-hybridized carbons (Fsp3) is 0.312. The van der Waals surface area contributed by atoms with Crippen LogP contribution in [0.4, 0.5) is 11.4 Å². The summed E-state index contributed by atoms with van der Waals surface area (Å²) in [6, 6.07) is 6.81. The molecule has 8 nitrogen and oxygen atoms in total. The summed E-state index contributed by atoms with van der Waals surface area (Å²) in [6.07, 6.45) is 3.30. The Labute approximate surface area is 140 Å². The molecule has 0 saturated heterocycles. The van der Waals surface area contributed by atoms with Crippen molar-refractivity contribution in [2.45, 2.75) is 25.9 Å². The van der Waals surface area contributed by atoms with E-state index in [0.29, 0.717) is 17.1 Å². The maximum atomic E-state index is 12.0. The van der Waals surface area contributed by atoms with Crippen LogP contribution in [0.15, 0.2) is 36.7 Å². The van der Waals surface area contributed by atoms with E-state index in [4.69, 9.17) is 10.5 Å². The lowest BCUT2D eigenvalue weighted by Gasteiger charge is -2.06. The number of nitrogens with one attached hydrogen (secondary N) is 2. The van der Waals surface area contributed by atoms with Gasteiger partial charge in [0.1, 0.15) is 12.3 Å². The highest BCUT2D eigenvalue weighted by molar-refractivity contribution is 5.91. The molecule has 0 bridgehead atoms. The molecule has 24 heavy (non-hydrogen) atoms. The topological polar surface area (TPSA) is 111 Å². The summed E-state index contributed by atoms with van der Waals surface area (Å²) in [7, 11) is 1.58. The first-order valence-corrected chi connectivity index (χ1v) is 7.48. The second-order valence-corrected chi connectivity index (χ2v) is 5.43. The molecule has 1 atom stereocenters. The number of benzene rings is 1. The highest BCUT2D eigenvalue weighted by atomic mass is 16.5. The number of aromatic nitrogens is 2. The third kappa shape index (κ3) is 5.40. The molecular weight excluding hydrogens is 310 g/mol. The molecule has 2 rings (SSSR count). The van der Waals surface area contributed by atoms with Gasteiger partial charge in [-0.25, -0.2) is 0 Å². The standard InChI is InChI=1S/C16H21N5O3/c1-11(17)7-15(22)20-13-8-18-21(9-13)10-16(23)19-12-3-5-14(24-2)6-4-12/h3-6,8-9,11H,7,10,17H2,1-2H3,(H,19,23)(H,20,22). The first kappa shape index (κ1) is 17.5. The lowest BCUT2D eigenvalue weighted by Crippen LogP contribution is -2.23. The van der Waals surface area contributed by atoms with Gasteiger partial charge in [-0.3, -0.25) is 14.3 Å². The van der Waals surface area contributed by atoms with Crippen molar-refractivity contribution in [2.75, 3.05) is 17.7 Å². The van der Waals surface area contributed by atoms with Crippen molar-refractivity contribution >= 4 is 23.2 Å². The first-order chi connectivity index (χ1) is 11.5. The van der Waals surface area contributed by atoms with E-state index in [0.717, 1.165) is 0 Å². The minimum Gasteiger partial charge on any atom is -0.497 e. The zero-order valence-corrected chi connectivity index (χ0v) is 13.7. The van der Waals surface area contributed by atoms with Crippen molar-refractivity contribution in [3.05, 3.63) is 36.7 Å². The van der Waals surface area contributed by atoms with E-state index in [1.165, 1.54) is 10.9 Å². The maximum Gasteiger partial charge on any atom is 0.246 e. The van der Waals surface area contributed by atoms with Crippen LogP contribution in [0.25, 0.3) is 0 Å². The van der Waals surface area contributed by atoms with Gasteiger partial charge in [-0.2, -0.15) is 5.10 Å². The number of hydrogen-bond donors (Lipinski definition) is 3. The van der Waals surface area contributed by atoms with E-state index >= 15 is 0 Å². The third-order valence-corrected chi connectivity index (χ3v) is 3.10. The summed E-state index contributed by atoms with van der Waals surface area (Å²) in [5.41, 5.74) is 6.76. The molecule has 128 valence electrons. The van der Waals surface area contributed by atoms with Gasteiger partial charge < -0.3 is 21.1 Å². The van der Waals surface area contributed by atoms with Crippen LogP contribution in [0.2, 0.25) is 0 Å². The second kappa shape index (κ2) is 8.11. The number of amides is 2. The Morgan fingerprint density at radius 1 is 1.21 bits per heavy atom. The Hall–Kier alpha value is -2.87. The first-order valence-electron chi connectivity index (χ1n) is 7.48. The molecule has 4 N–H and O–H groups in total. The quantitative estimate of drug-likeness (QED) is 0.706. The number of nitrogens with two attached hydrogens (primary N) is 1. The molecule has 2 amide bonds. The lowest BCUT2D eigenvalue weighted by atomic mass is 10.2. The monoisotopic (exact) mass is 331 g/mol. The minimum absolute atomic E-state index is 0.0369. The number of carbonyl (C=O) groups is 2. The fourth-order valence-corrected chi connectivity index (χ4v) is 2.04. The maximum absolute atomic E-state index is 12.0. The van der Waals surface area contributed by atoms with Gasteiger partial charge in [0.25, 0.3) is 0 Å². The summed E-state index contributed by atoms with van der Waals surface area (Å²) < 4.78 is 6.50. The zero-order valence-electron chi connectivity index (χ0n) is 13.7. The molecule has 0 spiro atoms. The van der Waals surface area contributed by atoms with Crippen LogP contribution in [0.5, 0.6) is 5.75 Å². The van der Waals surface area contributed by atoms with Gasteiger partial charge in [0.2, 0.25) is 11.8 Å². The van der Waals surface area contributed by atoms with E-state index in [9.17, 15) is 9.59 Å². The van der Waals surface area contributed by atoms with Crippen LogP contribution in [-0.2, 0) is 16.1 Å². The molecule has 2 aromatic rings. The summed E-state index contributed by atoms with van der Waals surface area (Å²) in [5, 5.41) is 9.49. The number of anilines is 2. The van der Waals surface area contributed by atoms with E-state index < -0.39 is 0 Å². The lowest BCUT2D eigenvalue weighted by molar-refractivity contribution is -0.117. The molecule has 0 radical (unpaired) electrons. The molecule has 0 fully saturated rings. The molecule has 0 saturated carbocycles. The smallest absolute Gasteiger partial charge is 0.246 e. The van der Waals surface area contributed by atoms with E-state index in [1.54, 1.807) is 44.5 Å². The molecule has 0 aliphatic heterocycles. The molecule has 1 aromatic carbocycles. The molecule has 1 heterocycles. The number of methoxy groups -OCH3 is 1. The van der Waals surface area contributed by atoms with E-state index in [-0.39, 0.29) is 30.8 Å². The van der Waals surface area contributed by atoms with Gasteiger partial charge in [0.15, 0.2) is 0 Å². The number of hydrogen-bond acceptors (Lipinski definition) is 5. The molecule has 1 aromatic heterocycles. The zero-order chi connectivity index (χ0) is 17.5. The Morgan fingerprint density at radius 2 is 1.88 bits per heavy atom. The number of rotatable bonds is 7. The second-order valence-electron chi connectivity index (χ2n) is 5.43. The van der Waals surface area contributed by atoms with Crippen LogP contribution in [0.3, 0.4) is 0 Å². The Bertz CT molecular complexity index is 694.